The number of hydrogen-bond acceptors (Lipinski definition) is 2. The van der Waals surface area contributed by atoms with E-state index in [1.54, 1.807) is 5.32 Å². The maximum atomic E-state index is 12.4. The van der Waals surface area contributed by atoms with E-state index in [1.807, 2.05) is 0 Å². The van der Waals surface area contributed by atoms with Crippen LogP contribution >= 0.6 is 11.6 Å². The summed E-state index contributed by atoms with van der Waals surface area (Å²) in [5, 5.41) is 3.09. The maximum Gasteiger partial charge on any atom is 0.326 e. The van der Waals surface area contributed by atoms with Crippen molar-refractivity contribution in [2.24, 2.45) is 0 Å². The molecule has 1 aromatic carbocycles. The third-order valence-electron chi connectivity index (χ3n) is 1.31. The summed E-state index contributed by atoms with van der Waals surface area (Å²) < 4.78 is 12.4. The first-order valence-electron chi connectivity index (χ1n) is 3.61. The zero-order valence-electron chi connectivity index (χ0n) is 6.88. The molecule has 0 atom stereocenters. The van der Waals surface area contributed by atoms with Gasteiger partial charge in [-0.3, -0.25) is 10.1 Å². The van der Waals surface area contributed by atoms with Crippen LogP contribution in [-0.4, -0.2) is 11.4 Å². The molecule has 0 radical (unpaired) electrons. The number of carbonyl (C=O) groups is 2. The standard InChI is InChI=1S/C8H6ClFN2O2/c9-7(13)12-8(14)11-6-3-1-5(10)2-4-6/h1-4H,(H2,11,12,13,14). The Bertz CT molecular complexity index is 353. The average molecular weight is 217 g/mol. The minimum absolute atomic E-state index is 0.363. The van der Waals surface area contributed by atoms with Crippen LogP contribution in [0.2, 0.25) is 0 Å². The summed E-state index contributed by atoms with van der Waals surface area (Å²) in [5.41, 5.74) is 0.363. The van der Waals surface area contributed by atoms with Crippen molar-refractivity contribution >= 4 is 28.7 Å². The van der Waals surface area contributed by atoms with Gasteiger partial charge in [0.15, 0.2) is 0 Å². The van der Waals surface area contributed by atoms with Crippen molar-refractivity contribution in [3.8, 4) is 0 Å². The lowest BCUT2D eigenvalue weighted by Gasteiger charge is -2.03. The lowest BCUT2D eigenvalue weighted by molar-refractivity contribution is 0.244. The van der Waals surface area contributed by atoms with Crippen molar-refractivity contribution in [1.82, 2.24) is 5.32 Å². The van der Waals surface area contributed by atoms with E-state index in [4.69, 9.17) is 11.6 Å². The second-order valence-corrected chi connectivity index (χ2v) is 2.70. The molecule has 0 spiro atoms. The zero-order valence-corrected chi connectivity index (χ0v) is 7.64. The van der Waals surface area contributed by atoms with Crippen LogP contribution in [0.15, 0.2) is 24.3 Å². The molecule has 0 saturated carbocycles. The van der Waals surface area contributed by atoms with E-state index >= 15 is 0 Å². The Hall–Kier alpha value is -1.62. The molecule has 0 bridgehead atoms. The van der Waals surface area contributed by atoms with Gasteiger partial charge < -0.3 is 5.32 Å². The van der Waals surface area contributed by atoms with Gasteiger partial charge in [0, 0.05) is 5.69 Å². The number of amides is 3. The highest BCUT2D eigenvalue weighted by Gasteiger charge is 2.04. The molecule has 1 aromatic rings. The number of nitrogens with one attached hydrogen (secondary N) is 2. The monoisotopic (exact) mass is 216 g/mol. The van der Waals surface area contributed by atoms with Gasteiger partial charge >= 0.3 is 11.4 Å². The van der Waals surface area contributed by atoms with Crippen LogP contribution in [-0.2, 0) is 0 Å². The Labute approximate surface area is 84.1 Å². The minimum Gasteiger partial charge on any atom is -0.308 e. The third-order valence-corrected chi connectivity index (χ3v) is 1.41. The van der Waals surface area contributed by atoms with E-state index in [2.05, 4.69) is 5.32 Å². The van der Waals surface area contributed by atoms with Gasteiger partial charge in [-0.15, -0.1) is 0 Å². The lowest BCUT2D eigenvalue weighted by atomic mass is 10.3. The van der Waals surface area contributed by atoms with Gasteiger partial charge in [0.05, 0.1) is 0 Å². The van der Waals surface area contributed by atoms with Crippen LogP contribution in [0.4, 0.5) is 19.7 Å². The summed E-state index contributed by atoms with van der Waals surface area (Å²) in [6.07, 6.45) is 0. The number of hydrogen-bond donors (Lipinski definition) is 2. The third kappa shape index (κ3) is 3.40. The highest BCUT2D eigenvalue weighted by atomic mass is 35.5. The summed E-state index contributed by atoms with van der Waals surface area (Å²) in [5.74, 6) is -0.413. The quantitative estimate of drug-likeness (QED) is 0.559. The molecule has 1 rings (SSSR count). The van der Waals surface area contributed by atoms with Crippen LogP contribution in [0.5, 0.6) is 0 Å². The molecule has 0 aliphatic carbocycles. The van der Waals surface area contributed by atoms with Crippen molar-refractivity contribution in [2.75, 3.05) is 5.32 Å². The Morgan fingerprint density at radius 2 is 1.79 bits per heavy atom. The van der Waals surface area contributed by atoms with E-state index in [-0.39, 0.29) is 0 Å². The van der Waals surface area contributed by atoms with Crippen LogP contribution in [0.1, 0.15) is 0 Å². The van der Waals surface area contributed by atoms with Crippen LogP contribution < -0.4 is 10.6 Å². The predicted octanol–water partition coefficient (Wildman–Crippen LogP) is 2.31. The van der Waals surface area contributed by atoms with E-state index in [0.29, 0.717) is 5.69 Å². The van der Waals surface area contributed by atoms with E-state index in [0.717, 1.165) is 0 Å². The summed E-state index contributed by atoms with van der Waals surface area (Å²) in [7, 11) is 0. The highest BCUT2D eigenvalue weighted by molar-refractivity contribution is 6.64. The number of anilines is 1. The maximum absolute atomic E-state index is 12.4. The first-order chi connectivity index (χ1) is 6.58. The van der Waals surface area contributed by atoms with Gasteiger partial charge in [0.1, 0.15) is 5.82 Å². The van der Waals surface area contributed by atoms with Crippen molar-refractivity contribution in [2.45, 2.75) is 0 Å². The largest absolute Gasteiger partial charge is 0.326 e. The Kier molecular flexibility index (Phi) is 3.41. The molecule has 0 aromatic heterocycles. The Morgan fingerprint density at radius 1 is 1.21 bits per heavy atom. The van der Waals surface area contributed by atoms with Gasteiger partial charge in [-0.05, 0) is 35.9 Å². The summed E-state index contributed by atoms with van der Waals surface area (Å²) in [6, 6.07) is 4.30. The van der Waals surface area contributed by atoms with Crippen LogP contribution in [0, 0.1) is 5.82 Å². The van der Waals surface area contributed by atoms with Gasteiger partial charge in [0.25, 0.3) is 0 Å². The second kappa shape index (κ2) is 4.57. The SMILES string of the molecule is O=C(Cl)NC(=O)Nc1ccc(F)cc1. The van der Waals surface area contributed by atoms with Gasteiger partial charge in [-0.25, -0.2) is 9.18 Å². The van der Waals surface area contributed by atoms with E-state index < -0.39 is 17.2 Å². The highest BCUT2D eigenvalue weighted by Crippen LogP contribution is 2.07. The van der Waals surface area contributed by atoms with Crippen LogP contribution in [0.3, 0.4) is 0 Å². The van der Waals surface area contributed by atoms with Gasteiger partial charge in [-0.1, -0.05) is 0 Å². The Balaban J connectivity index is 2.56. The summed E-state index contributed by atoms with van der Waals surface area (Å²) in [6.45, 7) is 0. The van der Waals surface area contributed by atoms with Gasteiger partial charge in [-0.2, -0.15) is 0 Å². The summed E-state index contributed by atoms with van der Waals surface area (Å²) in [4.78, 5) is 21.1. The van der Waals surface area contributed by atoms with Crippen molar-refractivity contribution in [3.63, 3.8) is 0 Å². The average Bonchev–Trinajstić information content (AvgIpc) is 2.07. The molecule has 4 nitrogen and oxygen atoms in total. The molecule has 2 N–H and O–H groups in total. The first kappa shape index (κ1) is 10.5. The van der Waals surface area contributed by atoms with Crippen molar-refractivity contribution in [1.29, 1.82) is 0 Å². The number of halogens is 2. The predicted molar refractivity (Wildman–Crippen MR) is 49.8 cm³/mol. The molecule has 0 fully saturated rings. The summed E-state index contributed by atoms with van der Waals surface area (Å²) >= 11 is 4.89. The first-order valence-corrected chi connectivity index (χ1v) is 3.99. The molecular formula is C8H6ClFN2O2. The number of rotatable bonds is 1. The smallest absolute Gasteiger partial charge is 0.308 e. The molecule has 0 unspecified atom stereocenters. The van der Waals surface area contributed by atoms with Crippen molar-refractivity contribution in [3.05, 3.63) is 30.1 Å². The van der Waals surface area contributed by atoms with E-state index in [9.17, 15) is 14.0 Å². The topological polar surface area (TPSA) is 58.2 Å². The fourth-order valence-electron chi connectivity index (χ4n) is 0.785. The minimum atomic E-state index is -0.982. The normalized spacial score (nSPS) is 9.29. The second-order valence-electron chi connectivity index (χ2n) is 2.36. The molecule has 0 heterocycles. The fraction of sp³-hybridized carbons (Fsp3) is 0. The number of carbonyl (C=O) groups excluding carboxylic acids is 2. The van der Waals surface area contributed by atoms with E-state index in [1.165, 1.54) is 24.3 Å². The molecule has 14 heavy (non-hydrogen) atoms. The Morgan fingerprint density at radius 3 is 2.29 bits per heavy atom. The molecule has 0 aliphatic rings. The molecular weight excluding hydrogens is 211 g/mol. The molecule has 74 valence electrons. The number of imide groups is 1. The number of benzene rings is 1. The fourth-order valence-corrected chi connectivity index (χ4v) is 0.871. The van der Waals surface area contributed by atoms with Crippen molar-refractivity contribution < 1.29 is 14.0 Å². The molecule has 0 saturated heterocycles. The molecule has 6 heteroatoms. The lowest BCUT2D eigenvalue weighted by Crippen LogP contribution is -2.30. The number of urea groups is 1. The molecule has 3 amide bonds. The molecule has 0 aliphatic heterocycles. The van der Waals surface area contributed by atoms with Gasteiger partial charge in [0.2, 0.25) is 0 Å². The van der Waals surface area contributed by atoms with Crippen LogP contribution in [0.25, 0.3) is 0 Å². The zero-order chi connectivity index (χ0) is 10.6.